The van der Waals surface area contributed by atoms with Crippen LogP contribution in [0, 0.1) is 0 Å². The lowest BCUT2D eigenvalue weighted by molar-refractivity contribution is -0.153. The van der Waals surface area contributed by atoms with Crippen LogP contribution in [0.5, 0.6) is 0 Å². The van der Waals surface area contributed by atoms with Crippen molar-refractivity contribution in [3.8, 4) is 0 Å². The SMILES string of the molecule is C[C@@H](OC(=O)CCN=C1NS(=O)(=O)c2ccccc21)C(=O)N1CC(=O)Nc2ccccc21. The third kappa shape index (κ3) is 4.19. The number of rotatable bonds is 5. The minimum atomic E-state index is -3.66. The molecule has 0 bridgehead atoms. The van der Waals surface area contributed by atoms with Crippen LogP contribution in [0.4, 0.5) is 11.4 Å². The van der Waals surface area contributed by atoms with Crippen LogP contribution in [0.3, 0.4) is 0 Å². The van der Waals surface area contributed by atoms with Gasteiger partial charge in [0, 0.05) is 5.56 Å². The average molecular weight is 456 g/mol. The van der Waals surface area contributed by atoms with Gasteiger partial charge in [-0.05, 0) is 31.2 Å². The molecule has 2 N–H and O–H groups in total. The van der Waals surface area contributed by atoms with Crippen molar-refractivity contribution in [3.63, 3.8) is 0 Å². The number of anilines is 2. The van der Waals surface area contributed by atoms with Gasteiger partial charge in [0.05, 0.1) is 29.2 Å². The molecule has 0 aliphatic carbocycles. The number of hydrogen-bond donors (Lipinski definition) is 2. The number of fused-ring (bicyclic) bond motifs is 2. The Morgan fingerprint density at radius 1 is 1.16 bits per heavy atom. The van der Waals surface area contributed by atoms with E-state index in [1.807, 2.05) is 0 Å². The molecule has 10 nitrogen and oxygen atoms in total. The van der Waals surface area contributed by atoms with Crippen LogP contribution in [0.1, 0.15) is 18.9 Å². The molecule has 4 rings (SSSR count). The number of benzene rings is 2. The molecule has 11 heteroatoms. The fraction of sp³-hybridized carbons (Fsp3) is 0.238. The highest BCUT2D eigenvalue weighted by atomic mass is 32.2. The predicted molar refractivity (Wildman–Crippen MR) is 116 cm³/mol. The van der Waals surface area contributed by atoms with Gasteiger partial charge in [-0.3, -0.25) is 29.0 Å². The van der Waals surface area contributed by atoms with Crippen molar-refractivity contribution in [3.05, 3.63) is 54.1 Å². The highest BCUT2D eigenvalue weighted by Gasteiger charge is 2.32. The number of aliphatic imine (C=N–C) groups is 1. The summed E-state index contributed by atoms with van der Waals surface area (Å²) in [7, 11) is -3.66. The van der Waals surface area contributed by atoms with Gasteiger partial charge in [-0.15, -0.1) is 0 Å². The molecule has 0 radical (unpaired) electrons. The number of hydrogen-bond acceptors (Lipinski definition) is 7. The van der Waals surface area contributed by atoms with Crippen LogP contribution < -0.4 is 14.9 Å². The number of esters is 1. The minimum Gasteiger partial charge on any atom is -0.452 e. The summed E-state index contributed by atoms with van der Waals surface area (Å²) in [5, 5.41) is 2.69. The standard InChI is InChI=1S/C21H20N4O6S/c1-13(21(28)25-12-18(26)23-15-7-3-4-8-16(15)25)31-19(27)10-11-22-20-14-6-2-5-9-17(14)32(29,30)24-20/h2-9,13H,10-12H2,1H3,(H,22,24)(H,23,26)/t13-/m1/s1. The van der Waals surface area contributed by atoms with E-state index >= 15 is 0 Å². The van der Waals surface area contributed by atoms with Gasteiger partial charge in [0.25, 0.3) is 15.9 Å². The van der Waals surface area contributed by atoms with Crippen LogP contribution in [0.15, 0.2) is 58.4 Å². The molecule has 0 fully saturated rings. The number of carbonyl (C=O) groups is 3. The molecular formula is C21H20N4O6S. The van der Waals surface area contributed by atoms with Gasteiger partial charge < -0.3 is 10.1 Å². The molecule has 2 aliphatic heterocycles. The lowest BCUT2D eigenvalue weighted by atomic mass is 10.1. The quantitative estimate of drug-likeness (QED) is 0.646. The molecule has 2 aliphatic rings. The van der Waals surface area contributed by atoms with Gasteiger partial charge >= 0.3 is 5.97 Å². The Morgan fingerprint density at radius 2 is 1.88 bits per heavy atom. The van der Waals surface area contributed by atoms with Crippen molar-refractivity contribution in [2.45, 2.75) is 24.3 Å². The maximum Gasteiger partial charge on any atom is 0.308 e. The molecule has 32 heavy (non-hydrogen) atoms. The van der Waals surface area contributed by atoms with Crippen molar-refractivity contribution < 1.29 is 27.5 Å². The van der Waals surface area contributed by atoms with E-state index in [0.717, 1.165) is 0 Å². The summed E-state index contributed by atoms with van der Waals surface area (Å²) in [5.41, 5.74) is 1.47. The summed E-state index contributed by atoms with van der Waals surface area (Å²) in [5.74, 6) is -1.37. The Morgan fingerprint density at radius 3 is 2.69 bits per heavy atom. The Kier molecular flexibility index (Phi) is 5.66. The van der Waals surface area contributed by atoms with E-state index < -0.39 is 28.0 Å². The third-order valence-electron chi connectivity index (χ3n) is 4.94. The zero-order valence-electron chi connectivity index (χ0n) is 17.1. The lowest BCUT2D eigenvalue weighted by Gasteiger charge is -2.30. The Labute approximate surface area is 184 Å². The van der Waals surface area contributed by atoms with Crippen LogP contribution >= 0.6 is 0 Å². The summed E-state index contributed by atoms with van der Waals surface area (Å²) in [6, 6.07) is 13.2. The van der Waals surface area contributed by atoms with Crippen LogP contribution in [0.2, 0.25) is 0 Å². The summed E-state index contributed by atoms with van der Waals surface area (Å²) >= 11 is 0. The smallest absolute Gasteiger partial charge is 0.308 e. The lowest BCUT2D eigenvalue weighted by Crippen LogP contribution is -2.47. The van der Waals surface area contributed by atoms with Gasteiger partial charge in [0.1, 0.15) is 12.4 Å². The van der Waals surface area contributed by atoms with E-state index in [1.54, 1.807) is 42.5 Å². The summed E-state index contributed by atoms with van der Waals surface area (Å²) < 4.78 is 31.8. The molecule has 0 saturated carbocycles. The molecule has 2 aromatic rings. The highest BCUT2D eigenvalue weighted by Crippen LogP contribution is 2.29. The Hall–Kier alpha value is -3.73. The number of amidine groups is 1. The first-order chi connectivity index (χ1) is 15.3. The second-order valence-electron chi connectivity index (χ2n) is 7.20. The second-order valence-corrected chi connectivity index (χ2v) is 8.85. The monoisotopic (exact) mass is 456 g/mol. The number of amides is 2. The van der Waals surface area contributed by atoms with Crippen molar-refractivity contribution in [1.82, 2.24) is 4.72 Å². The first kappa shape index (κ1) is 21.5. The number of nitrogens with one attached hydrogen (secondary N) is 2. The topological polar surface area (TPSA) is 134 Å². The maximum atomic E-state index is 12.8. The molecule has 0 spiro atoms. The van der Waals surface area contributed by atoms with Gasteiger partial charge in [0.2, 0.25) is 5.91 Å². The number of sulfonamides is 1. The van der Waals surface area contributed by atoms with Gasteiger partial charge in [-0.2, -0.15) is 0 Å². The number of nitrogens with zero attached hydrogens (tertiary/aromatic N) is 2. The predicted octanol–water partition coefficient (Wildman–Crippen LogP) is 1.03. The zero-order valence-corrected chi connectivity index (χ0v) is 17.9. The molecule has 0 aromatic heterocycles. The van der Waals surface area contributed by atoms with Crippen molar-refractivity contribution in [2.75, 3.05) is 23.3 Å². The van der Waals surface area contributed by atoms with Crippen LogP contribution in [-0.2, 0) is 29.1 Å². The molecule has 2 amide bonds. The molecule has 0 saturated heterocycles. The van der Waals surface area contributed by atoms with Crippen LogP contribution in [-0.4, -0.2) is 51.2 Å². The van der Waals surface area contributed by atoms with Crippen molar-refractivity contribution in [1.29, 1.82) is 0 Å². The first-order valence-electron chi connectivity index (χ1n) is 9.82. The third-order valence-corrected chi connectivity index (χ3v) is 6.34. The molecule has 2 heterocycles. The van der Waals surface area contributed by atoms with Gasteiger partial charge in [-0.1, -0.05) is 24.3 Å². The van der Waals surface area contributed by atoms with Crippen molar-refractivity contribution >= 4 is 45.0 Å². The molecule has 2 aromatic carbocycles. The average Bonchev–Trinajstić information content (AvgIpc) is 3.03. The Balaban J connectivity index is 1.37. The summed E-state index contributed by atoms with van der Waals surface area (Å²) in [6.07, 6.45) is -1.26. The van der Waals surface area contributed by atoms with Crippen LogP contribution in [0.25, 0.3) is 0 Å². The second kappa shape index (κ2) is 8.42. The van der Waals surface area contributed by atoms with E-state index in [4.69, 9.17) is 4.74 Å². The largest absolute Gasteiger partial charge is 0.452 e. The molecule has 0 unspecified atom stereocenters. The molecule has 166 valence electrons. The Bertz CT molecular complexity index is 1240. The normalized spacial score (nSPS) is 18.2. The molecular weight excluding hydrogens is 436 g/mol. The van der Waals surface area contributed by atoms with Gasteiger partial charge in [0.15, 0.2) is 6.10 Å². The van der Waals surface area contributed by atoms with E-state index in [-0.39, 0.29) is 36.1 Å². The molecule has 1 atom stereocenters. The number of ether oxygens (including phenoxy) is 1. The fourth-order valence-electron chi connectivity index (χ4n) is 3.47. The van der Waals surface area contributed by atoms with Crippen molar-refractivity contribution in [2.24, 2.45) is 4.99 Å². The van der Waals surface area contributed by atoms with E-state index in [2.05, 4.69) is 15.0 Å². The number of carbonyl (C=O) groups excluding carboxylic acids is 3. The van der Waals surface area contributed by atoms with E-state index in [0.29, 0.717) is 16.9 Å². The van der Waals surface area contributed by atoms with E-state index in [9.17, 15) is 22.8 Å². The summed E-state index contributed by atoms with van der Waals surface area (Å²) in [6.45, 7) is 1.23. The van der Waals surface area contributed by atoms with Gasteiger partial charge in [-0.25, -0.2) is 8.42 Å². The number of para-hydroxylation sites is 2. The highest BCUT2D eigenvalue weighted by molar-refractivity contribution is 7.90. The fourth-order valence-corrected chi connectivity index (χ4v) is 4.72. The zero-order chi connectivity index (χ0) is 22.9. The van der Waals surface area contributed by atoms with E-state index in [1.165, 1.54) is 17.9 Å². The minimum absolute atomic E-state index is 0.0269. The maximum absolute atomic E-state index is 12.8. The summed E-state index contributed by atoms with van der Waals surface area (Å²) in [4.78, 5) is 42.5. The first-order valence-corrected chi connectivity index (χ1v) is 11.3.